The topological polar surface area (TPSA) is 113 Å². The summed E-state index contributed by atoms with van der Waals surface area (Å²) >= 11 is 0. The maximum absolute atomic E-state index is 12.6. The maximum Gasteiger partial charge on any atom is 0.344 e. The fourth-order valence-corrected chi connectivity index (χ4v) is 5.26. The van der Waals surface area contributed by atoms with Gasteiger partial charge in [-0.2, -0.15) is 5.01 Å². The lowest BCUT2D eigenvalue weighted by Crippen LogP contribution is -2.52. The molecule has 8 nitrogen and oxygen atoms in total. The van der Waals surface area contributed by atoms with Crippen molar-refractivity contribution in [3.8, 4) is 0 Å². The number of hydrogen-bond acceptors (Lipinski definition) is 5. The van der Waals surface area contributed by atoms with Gasteiger partial charge in [0.1, 0.15) is 5.54 Å². The van der Waals surface area contributed by atoms with Gasteiger partial charge in [0.15, 0.2) is 9.84 Å². The summed E-state index contributed by atoms with van der Waals surface area (Å²) < 4.78 is 22.9. The van der Waals surface area contributed by atoms with Gasteiger partial charge in [-0.05, 0) is 38.0 Å². The van der Waals surface area contributed by atoms with Gasteiger partial charge in [-0.25, -0.2) is 13.2 Å². The van der Waals surface area contributed by atoms with Crippen molar-refractivity contribution in [3.63, 3.8) is 0 Å². The molecule has 0 aromatic carbocycles. The summed E-state index contributed by atoms with van der Waals surface area (Å²) in [7, 11) is -3.20. The molecule has 23 heavy (non-hydrogen) atoms. The molecule has 3 rings (SSSR count). The zero-order valence-electron chi connectivity index (χ0n) is 13.0. The van der Waals surface area contributed by atoms with E-state index in [-0.39, 0.29) is 17.9 Å². The average Bonchev–Trinajstić information content (AvgIpc) is 2.95. The Morgan fingerprint density at radius 3 is 2.48 bits per heavy atom. The molecule has 9 heteroatoms. The highest BCUT2D eigenvalue weighted by atomic mass is 32.2. The van der Waals surface area contributed by atoms with Gasteiger partial charge in [0.05, 0.1) is 17.4 Å². The number of nitrogens with one attached hydrogen (secondary N) is 2. The van der Waals surface area contributed by atoms with E-state index in [0.717, 1.165) is 17.9 Å². The lowest BCUT2D eigenvalue weighted by Gasteiger charge is -2.33. The van der Waals surface area contributed by atoms with E-state index in [0.29, 0.717) is 18.8 Å². The van der Waals surface area contributed by atoms with Gasteiger partial charge in [0.2, 0.25) is 5.91 Å². The highest BCUT2D eigenvalue weighted by molar-refractivity contribution is 7.91. The van der Waals surface area contributed by atoms with Crippen LogP contribution in [0.1, 0.15) is 39.0 Å². The SMILES string of the molecule is CC1CCC2(CC1)NC(=O)N(NC(=O)[C@H]1CCS(=O)(=O)C1)C2=O. The van der Waals surface area contributed by atoms with E-state index in [4.69, 9.17) is 0 Å². The molecule has 0 unspecified atom stereocenters. The van der Waals surface area contributed by atoms with Crippen LogP contribution in [0.4, 0.5) is 4.79 Å². The van der Waals surface area contributed by atoms with Gasteiger partial charge >= 0.3 is 6.03 Å². The standard InChI is InChI=1S/C14H21N3O5S/c1-9-2-5-14(6-3-9)12(19)17(13(20)15-14)16-11(18)10-4-7-23(21,22)8-10/h9-10H,2-8H2,1H3,(H,15,20)(H,16,18)/t9?,10-,14?/m0/s1. The highest BCUT2D eigenvalue weighted by Gasteiger charge is 2.53. The van der Waals surface area contributed by atoms with Crippen LogP contribution in [0, 0.1) is 11.8 Å². The zero-order valence-corrected chi connectivity index (χ0v) is 13.8. The van der Waals surface area contributed by atoms with Crippen LogP contribution < -0.4 is 10.7 Å². The third-order valence-corrected chi connectivity index (χ3v) is 6.88. The Labute approximate surface area is 134 Å². The summed E-state index contributed by atoms with van der Waals surface area (Å²) in [5, 5.41) is 3.43. The van der Waals surface area contributed by atoms with Crippen LogP contribution in [0.3, 0.4) is 0 Å². The van der Waals surface area contributed by atoms with Crippen molar-refractivity contribution in [1.29, 1.82) is 0 Å². The van der Waals surface area contributed by atoms with Crippen molar-refractivity contribution in [3.05, 3.63) is 0 Å². The summed E-state index contributed by atoms with van der Waals surface area (Å²) in [5.74, 6) is -1.49. The van der Waals surface area contributed by atoms with E-state index >= 15 is 0 Å². The van der Waals surface area contributed by atoms with E-state index in [1.54, 1.807) is 0 Å². The van der Waals surface area contributed by atoms with Crippen molar-refractivity contribution in [1.82, 2.24) is 15.8 Å². The summed E-state index contributed by atoms with van der Waals surface area (Å²) in [6.45, 7) is 2.11. The molecular formula is C14H21N3O5S. The second-order valence-corrected chi connectivity index (χ2v) is 9.14. The smallest absolute Gasteiger partial charge is 0.322 e. The van der Waals surface area contributed by atoms with Crippen LogP contribution in [0.5, 0.6) is 0 Å². The zero-order chi connectivity index (χ0) is 16.8. The van der Waals surface area contributed by atoms with E-state index in [1.807, 2.05) is 0 Å². The molecule has 2 saturated heterocycles. The first kappa shape index (κ1) is 16.2. The summed E-state index contributed by atoms with van der Waals surface area (Å²) in [6, 6.07) is -0.640. The lowest BCUT2D eigenvalue weighted by atomic mass is 9.77. The lowest BCUT2D eigenvalue weighted by molar-refractivity contribution is -0.141. The number of sulfone groups is 1. The predicted molar refractivity (Wildman–Crippen MR) is 80.6 cm³/mol. The Kier molecular flexibility index (Phi) is 3.86. The van der Waals surface area contributed by atoms with E-state index in [2.05, 4.69) is 17.7 Å². The minimum Gasteiger partial charge on any atom is -0.322 e. The Balaban J connectivity index is 1.68. The molecule has 1 spiro atoms. The predicted octanol–water partition coefficient (Wildman–Crippen LogP) is -0.0470. The molecular weight excluding hydrogens is 322 g/mol. The van der Waals surface area contributed by atoms with Crippen LogP contribution in [0.15, 0.2) is 0 Å². The number of hydrazine groups is 1. The third kappa shape index (κ3) is 2.93. The second kappa shape index (κ2) is 5.47. The Morgan fingerprint density at radius 1 is 1.26 bits per heavy atom. The molecule has 2 heterocycles. The molecule has 0 radical (unpaired) electrons. The number of imide groups is 1. The Hall–Kier alpha value is -1.64. The van der Waals surface area contributed by atoms with Crippen molar-refractivity contribution >= 4 is 27.7 Å². The number of hydrogen-bond donors (Lipinski definition) is 2. The molecule has 2 aliphatic heterocycles. The first-order chi connectivity index (χ1) is 10.7. The fourth-order valence-electron chi connectivity index (χ4n) is 3.52. The summed E-state index contributed by atoms with van der Waals surface area (Å²) in [5.41, 5.74) is 1.39. The number of carbonyl (C=O) groups excluding carboxylic acids is 3. The number of nitrogens with zero attached hydrogens (tertiary/aromatic N) is 1. The van der Waals surface area contributed by atoms with Crippen molar-refractivity contribution in [2.45, 2.75) is 44.6 Å². The largest absolute Gasteiger partial charge is 0.344 e. The summed E-state index contributed by atoms with van der Waals surface area (Å²) in [6.07, 6.45) is 3.02. The molecule has 1 saturated carbocycles. The van der Waals surface area contributed by atoms with Gasteiger partial charge in [0, 0.05) is 0 Å². The second-order valence-electron chi connectivity index (χ2n) is 6.91. The first-order valence-electron chi connectivity index (χ1n) is 7.90. The molecule has 1 aliphatic carbocycles. The molecule has 1 atom stereocenters. The van der Waals surface area contributed by atoms with E-state index in [9.17, 15) is 22.8 Å². The Morgan fingerprint density at radius 2 is 1.91 bits per heavy atom. The van der Waals surface area contributed by atoms with Gasteiger partial charge in [-0.3, -0.25) is 15.0 Å². The van der Waals surface area contributed by atoms with E-state index < -0.39 is 39.1 Å². The van der Waals surface area contributed by atoms with Gasteiger partial charge in [-0.15, -0.1) is 0 Å². The van der Waals surface area contributed by atoms with Crippen LogP contribution in [-0.4, -0.2) is 48.3 Å². The molecule has 0 bridgehead atoms. The fraction of sp³-hybridized carbons (Fsp3) is 0.786. The number of rotatable bonds is 2. The molecule has 2 N–H and O–H groups in total. The summed E-state index contributed by atoms with van der Waals surface area (Å²) in [4.78, 5) is 36.8. The molecule has 0 aromatic heterocycles. The highest BCUT2D eigenvalue weighted by Crippen LogP contribution is 2.35. The monoisotopic (exact) mass is 343 g/mol. The molecule has 3 fully saturated rings. The first-order valence-corrected chi connectivity index (χ1v) is 9.72. The van der Waals surface area contributed by atoms with Crippen LogP contribution >= 0.6 is 0 Å². The minimum atomic E-state index is -3.20. The van der Waals surface area contributed by atoms with Gasteiger partial charge in [0.25, 0.3) is 5.91 Å². The van der Waals surface area contributed by atoms with Crippen molar-refractivity contribution in [2.24, 2.45) is 11.8 Å². The number of urea groups is 1. The normalized spacial score (nSPS) is 36.3. The van der Waals surface area contributed by atoms with Gasteiger partial charge < -0.3 is 5.32 Å². The molecule has 0 aromatic rings. The van der Waals surface area contributed by atoms with Crippen molar-refractivity contribution in [2.75, 3.05) is 11.5 Å². The molecule has 4 amide bonds. The van der Waals surface area contributed by atoms with Crippen molar-refractivity contribution < 1.29 is 22.8 Å². The number of carbonyl (C=O) groups is 3. The van der Waals surface area contributed by atoms with Crippen LogP contribution in [0.25, 0.3) is 0 Å². The molecule has 128 valence electrons. The Bertz CT molecular complexity index is 651. The quantitative estimate of drug-likeness (QED) is 0.683. The van der Waals surface area contributed by atoms with Gasteiger partial charge in [-0.1, -0.05) is 6.92 Å². The number of amides is 4. The minimum absolute atomic E-state index is 0.0347. The van der Waals surface area contributed by atoms with E-state index in [1.165, 1.54) is 0 Å². The van der Waals surface area contributed by atoms with Crippen LogP contribution in [-0.2, 0) is 19.4 Å². The maximum atomic E-state index is 12.6. The molecule has 3 aliphatic rings. The average molecular weight is 343 g/mol. The van der Waals surface area contributed by atoms with Crippen LogP contribution in [0.2, 0.25) is 0 Å². The third-order valence-electron chi connectivity index (χ3n) is 5.11.